The minimum atomic E-state index is 0.0946. The molecule has 1 aromatic carbocycles. The molecule has 0 radical (unpaired) electrons. The largest absolute Gasteiger partial charge is 0.490 e. The highest BCUT2D eigenvalue weighted by atomic mass is 35.5. The summed E-state index contributed by atoms with van der Waals surface area (Å²) in [6.45, 7) is 3.27. The molecule has 0 saturated carbocycles. The maximum absolute atomic E-state index is 10.5. The Bertz CT molecular complexity index is 417. The van der Waals surface area contributed by atoms with Gasteiger partial charge in [-0.25, -0.2) is 0 Å². The first-order valence-electron chi connectivity index (χ1n) is 5.75. The van der Waals surface area contributed by atoms with Crippen molar-refractivity contribution >= 4 is 17.9 Å². The van der Waals surface area contributed by atoms with Gasteiger partial charge in [-0.05, 0) is 17.5 Å². The van der Waals surface area contributed by atoms with Crippen LogP contribution in [0, 0.1) is 0 Å². The number of rotatable bonds is 3. The third kappa shape index (κ3) is 2.72. The van der Waals surface area contributed by atoms with Gasteiger partial charge in [-0.2, -0.15) is 0 Å². The van der Waals surface area contributed by atoms with Crippen molar-refractivity contribution in [3.63, 3.8) is 0 Å². The van der Waals surface area contributed by atoms with Crippen LogP contribution in [0.25, 0.3) is 0 Å². The van der Waals surface area contributed by atoms with Crippen molar-refractivity contribution in [3.8, 4) is 11.5 Å². The summed E-state index contributed by atoms with van der Waals surface area (Å²) < 4.78 is 11.1. The maximum Gasteiger partial charge on any atom is 0.162 e. The number of fused-ring (bicyclic) bond motifs is 1. The fourth-order valence-corrected chi connectivity index (χ4v) is 2.19. The molecule has 4 heteroatoms. The summed E-state index contributed by atoms with van der Waals surface area (Å²) in [6.07, 6.45) is 2.23. The molecule has 1 aliphatic heterocycles. The Morgan fingerprint density at radius 1 is 1.35 bits per heavy atom. The van der Waals surface area contributed by atoms with Gasteiger partial charge < -0.3 is 14.3 Å². The van der Waals surface area contributed by atoms with E-state index in [1.807, 2.05) is 13.0 Å². The number of halogens is 1. The van der Waals surface area contributed by atoms with Crippen molar-refractivity contribution < 1.29 is 14.3 Å². The first-order valence-corrected chi connectivity index (χ1v) is 6.13. The number of ether oxygens (including phenoxy) is 2. The SMILES string of the molecule is CC(CC=O)c1cc2c(cc1Cl)OCCCO2. The molecule has 92 valence electrons. The molecular weight excluding hydrogens is 240 g/mol. The van der Waals surface area contributed by atoms with Gasteiger partial charge in [0.25, 0.3) is 0 Å². The summed E-state index contributed by atoms with van der Waals surface area (Å²) in [7, 11) is 0. The Hall–Kier alpha value is -1.22. The number of aldehydes is 1. The molecule has 0 amide bonds. The lowest BCUT2D eigenvalue weighted by atomic mass is 9.98. The lowest BCUT2D eigenvalue weighted by Gasteiger charge is -2.14. The molecule has 0 aromatic heterocycles. The highest BCUT2D eigenvalue weighted by Gasteiger charge is 2.17. The number of carbonyl (C=O) groups excluding carboxylic acids is 1. The molecule has 0 fully saturated rings. The van der Waals surface area contributed by atoms with Crippen molar-refractivity contribution in [2.75, 3.05) is 13.2 Å². The van der Waals surface area contributed by atoms with Crippen molar-refractivity contribution in [2.24, 2.45) is 0 Å². The fourth-order valence-electron chi connectivity index (χ4n) is 1.85. The quantitative estimate of drug-likeness (QED) is 0.777. The third-order valence-electron chi connectivity index (χ3n) is 2.85. The summed E-state index contributed by atoms with van der Waals surface area (Å²) in [5.41, 5.74) is 0.933. The van der Waals surface area contributed by atoms with E-state index in [-0.39, 0.29) is 5.92 Å². The maximum atomic E-state index is 10.5. The van der Waals surface area contributed by atoms with Gasteiger partial charge in [0.15, 0.2) is 11.5 Å². The lowest BCUT2D eigenvalue weighted by molar-refractivity contribution is -0.108. The van der Waals surface area contributed by atoms with Crippen molar-refractivity contribution in [1.82, 2.24) is 0 Å². The summed E-state index contributed by atoms with van der Waals surface area (Å²) in [5.74, 6) is 1.51. The van der Waals surface area contributed by atoms with Crippen molar-refractivity contribution in [3.05, 3.63) is 22.7 Å². The Kier molecular flexibility index (Phi) is 3.89. The van der Waals surface area contributed by atoms with E-state index in [4.69, 9.17) is 21.1 Å². The van der Waals surface area contributed by atoms with Crippen LogP contribution < -0.4 is 9.47 Å². The van der Waals surface area contributed by atoms with Crippen LogP contribution in [-0.2, 0) is 4.79 Å². The van der Waals surface area contributed by atoms with Crippen LogP contribution in [0.4, 0.5) is 0 Å². The van der Waals surface area contributed by atoms with Crippen LogP contribution in [-0.4, -0.2) is 19.5 Å². The number of hydrogen-bond acceptors (Lipinski definition) is 3. The average Bonchev–Trinajstić information content (AvgIpc) is 2.52. The van der Waals surface area contributed by atoms with E-state index in [0.29, 0.717) is 30.4 Å². The number of hydrogen-bond donors (Lipinski definition) is 0. The van der Waals surface area contributed by atoms with Crippen LogP contribution in [0.1, 0.15) is 31.2 Å². The zero-order valence-corrected chi connectivity index (χ0v) is 10.5. The number of benzene rings is 1. The summed E-state index contributed by atoms with van der Waals surface area (Å²) in [4.78, 5) is 10.5. The highest BCUT2D eigenvalue weighted by molar-refractivity contribution is 6.31. The molecule has 0 bridgehead atoms. The molecule has 2 rings (SSSR count). The third-order valence-corrected chi connectivity index (χ3v) is 3.17. The van der Waals surface area contributed by atoms with E-state index in [0.717, 1.165) is 24.0 Å². The Balaban J connectivity index is 2.34. The first-order chi connectivity index (χ1) is 8.22. The van der Waals surface area contributed by atoms with Crippen LogP contribution in [0.3, 0.4) is 0 Å². The van der Waals surface area contributed by atoms with E-state index < -0.39 is 0 Å². The van der Waals surface area contributed by atoms with Gasteiger partial charge in [-0.3, -0.25) is 0 Å². The second-order valence-corrected chi connectivity index (χ2v) is 4.58. The van der Waals surface area contributed by atoms with Crippen LogP contribution in [0.2, 0.25) is 5.02 Å². The minimum absolute atomic E-state index is 0.0946. The summed E-state index contributed by atoms with van der Waals surface area (Å²) in [5, 5.41) is 0.628. The smallest absolute Gasteiger partial charge is 0.162 e. The monoisotopic (exact) mass is 254 g/mol. The van der Waals surface area contributed by atoms with Gasteiger partial charge in [-0.15, -0.1) is 0 Å². The molecule has 17 heavy (non-hydrogen) atoms. The van der Waals surface area contributed by atoms with Crippen LogP contribution in [0.5, 0.6) is 11.5 Å². The molecule has 1 heterocycles. The van der Waals surface area contributed by atoms with Gasteiger partial charge >= 0.3 is 0 Å². The van der Waals surface area contributed by atoms with E-state index in [9.17, 15) is 4.79 Å². The molecular formula is C13H15ClO3. The molecule has 0 spiro atoms. The van der Waals surface area contributed by atoms with E-state index in [1.54, 1.807) is 6.07 Å². The molecule has 1 aliphatic rings. The van der Waals surface area contributed by atoms with Gasteiger partial charge in [0, 0.05) is 23.9 Å². The molecule has 1 unspecified atom stereocenters. The zero-order chi connectivity index (χ0) is 12.3. The second-order valence-electron chi connectivity index (χ2n) is 4.17. The van der Waals surface area contributed by atoms with Gasteiger partial charge in [0.1, 0.15) is 6.29 Å². The molecule has 3 nitrogen and oxygen atoms in total. The van der Waals surface area contributed by atoms with Crippen molar-refractivity contribution in [1.29, 1.82) is 0 Å². The minimum Gasteiger partial charge on any atom is -0.490 e. The molecule has 1 atom stereocenters. The van der Waals surface area contributed by atoms with Gasteiger partial charge in [-0.1, -0.05) is 18.5 Å². The van der Waals surface area contributed by atoms with Crippen LogP contribution in [0.15, 0.2) is 12.1 Å². The zero-order valence-electron chi connectivity index (χ0n) is 9.74. The van der Waals surface area contributed by atoms with Gasteiger partial charge in [0.2, 0.25) is 0 Å². The first kappa shape index (κ1) is 12.2. The molecule has 0 saturated heterocycles. The fraction of sp³-hybridized carbons (Fsp3) is 0.462. The van der Waals surface area contributed by atoms with E-state index >= 15 is 0 Å². The van der Waals surface area contributed by atoms with Crippen LogP contribution >= 0.6 is 11.6 Å². The van der Waals surface area contributed by atoms with E-state index in [2.05, 4.69) is 0 Å². The predicted octanol–water partition coefficient (Wildman–Crippen LogP) is 3.19. The summed E-state index contributed by atoms with van der Waals surface area (Å²) in [6, 6.07) is 3.66. The number of carbonyl (C=O) groups is 1. The lowest BCUT2D eigenvalue weighted by Crippen LogP contribution is -1.98. The highest BCUT2D eigenvalue weighted by Crippen LogP contribution is 2.38. The van der Waals surface area contributed by atoms with Crippen molar-refractivity contribution in [2.45, 2.75) is 25.7 Å². The summed E-state index contributed by atoms with van der Waals surface area (Å²) >= 11 is 6.19. The Labute approximate surface area is 106 Å². The second kappa shape index (κ2) is 5.41. The Morgan fingerprint density at radius 2 is 2.00 bits per heavy atom. The molecule has 0 aliphatic carbocycles. The normalized spacial score (nSPS) is 16.1. The molecule has 1 aromatic rings. The average molecular weight is 255 g/mol. The standard InChI is InChI=1S/C13H15ClO3/c1-9(3-4-15)10-7-12-13(8-11(10)14)17-6-2-5-16-12/h4,7-9H,2-3,5-6H2,1H3. The molecule has 0 N–H and O–H groups in total. The Morgan fingerprint density at radius 3 is 2.65 bits per heavy atom. The van der Waals surface area contributed by atoms with E-state index in [1.165, 1.54) is 0 Å². The topological polar surface area (TPSA) is 35.5 Å². The predicted molar refractivity (Wildman–Crippen MR) is 66.2 cm³/mol. The van der Waals surface area contributed by atoms with Gasteiger partial charge in [0.05, 0.1) is 13.2 Å².